The third-order valence-corrected chi connectivity index (χ3v) is 3.97. The summed E-state index contributed by atoms with van der Waals surface area (Å²) < 4.78 is 0. The second kappa shape index (κ2) is 4.05. The molecule has 0 heterocycles. The van der Waals surface area contributed by atoms with Gasteiger partial charge in [0.1, 0.15) is 0 Å². The molecule has 92 valence electrons. The Kier molecular flexibility index (Phi) is 2.51. The van der Waals surface area contributed by atoms with Gasteiger partial charge in [-0.05, 0) is 41.5 Å². The van der Waals surface area contributed by atoms with Crippen LogP contribution in [-0.4, -0.2) is 0 Å². The number of nitrogen functional groups attached to an aromatic ring is 2. The van der Waals surface area contributed by atoms with Crippen LogP contribution in [0.2, 0.25) is 0 Å². The van der Waals surface area contributed by atoms with Crippen LogP contribution < -0.4 is 11.5 Å². The van der Waals surface area contributed by atoms with E-state index in [1.165, 1.54) is 29.5 Å². The molecule has 18 heavy (non-hydrogen) atoms. The van der Waals surface area contributed by atoms with Crippen molar-refractivity contribution in [2.24, 2.45) is 0 Å². The Bertz CT molecular complexity index is 602. The van der Waals surface area contributed by atoms with E-state index in [2.05, 4.69) is 25.1 Å². The zero-order valence-electron chi connectivity index (χ0n) is 10.6. The molecule has 1 aliphatic carbocycles. The lowest BCUT2D eigenvalue weighted by Crippen LogP contribution is -1.97. The van der Waals surface area contributed by atoms with Crippen molar-refractivity contribution in [2.75, 3.05) is 11.5 Å². The van der Waals surface area contributed by atoms with E-state index < -0.39 is 0 Å². The monoisotopic (exact) mass is 238 g/mol. The Morgan fingerprint density at radius 1 is 1.11 bits per heavy atom. The van der Waals surface area contributed by atoms with E-state index in [0.29, 0.717) is 17.3 Å². The van der Waals surface area contributed by atoms with Gasteiger partial charge in [-0.2, -0.15) is 0 Å². The molecule has 2 heteroatoms. The van der Waals surface area contributed by atoms with Gasteiger partial charge in [0.2, 0.25) is 0 Å². The quantitative estimate of drug-likeness (QED) is 0.746. The minimum absolute atomic E-state index is 0.654. The molecular formula is C16H18N2. The molecule has 0 aromatic heterocycles. The Labute approximate surface area is 108 Å². The highest BCUT2D eigenvalue weighted by molar-refractivity contribution is 5.84. The minimum atomic E-state index is 0.654. The highest BCUT2D eigenvalue weighted by Gasteiger charge is 2.19. The van der Waals surface area contributed by atoms with Crippen LogP contribution in [0.25, 0.3) is 11.1 Å². The van der Waals surface area contributed by atoms with Crippen LogP contribution in [0.15, 0.2) is 36.4 Å². The molecular weight excluding hydrogens is 220 g/mol. The zero-order chi connectivity index (χ0) is 12.7. The summed E-state index contributed by atoms with van der Waals surface area (Å²) in [6.45, 7) is 2.29. The Morgan fingerprint density at radius 3 is 2.78 bits per heavy atom. The van der Waals surface area contributed by atoms with Crippen LogP contribution >= 0.6 is 0 Å². The summed E-state index contributed by atoms with van der Waals surface area (Å²) >= 11 is 0. The van der Waals surface area contributed by atoms with E-state index in [9.17, 15) is 0 Å². The first-order chi connectivity index (χ1) is 8.66. The highest BCUT2D eigenvalue weighted by atomic mass is 14.7. The number of anilines is 2. The summed E-state index contributed by atoms with van der Waals surface area (Å²) in [5.74, 6) is 0.655. The maximum Gasteiger partial charge on any atom is 0.0627 e. The lowest BCUT2D eigenvalue weighted by molar-refractivity contribution is 0.747. The molecule has 0 amide bonds. The van der Waals surface area contributed by atoms with E-state index in [1.807, 2.05) is 18.2 Å². The number of fused-ring (bicyclic) bond motifs is 1. The summed E-state index contributed by atoms with van der Waals surface area (Å²) in [5.41, 5.74) is 18.4. The highest BCUT2D eigenvalue weighted by Crippen LogP contribution is 2.37. The molecule has 3 rings (SSSR count). The first kappa shape index (κ1) is 11.1. The molecule has 0 aliphatic heterocycles. The number of benzene rings is 2. The first-order valence-corrected chi connectivity index (χ1v) is 6.44. The van der Waals surface area contributed by atoms with Gasteiger partial charge in [0.05, 0.1) is 11.4 Å². The molecule has 2 aromatic rings. The number of rotatable bonds is 1. The fraction of sp³-hybridized carbons (Fsp3) is 0.250. The SMILES string of the molecule is CC1CCc2ccc(-c3cccc(N)c3N)cc21. The van der Waals surface area contributed by atoms with Gasteiger partial charge in [-0.1, -0.05) is 37.3 Å². The Hall–Kier alpha value is -1.96. The molecule has 4 N–H and O–H groups in total. The fourth-order valence-electron chi connectivity index (χ4n) is 2.81. The van der Waals surface area contributed by atoms with Crippen molar-refractivity contribution in [3.05, 3.63) is 47.5 Å². The molecule has 1 aliphatic rings. The number of aryl methyl sites for hydroxylation is 1. The van der Waals surface area contributed by atoms with Crippen molar-refractivity contribution >= 4 is 11.4 Å². The van der Waals surface area contributed by atoms with E-state index in [0.717, 1.165) is 5.56 Å². The number of nitrogens with two attached hydrogens (primary N) is 2. The van der Waals surface area contributed by atoms with Crippen molar-refractivity contribution in [2.45, 2.75) is 25.7 Å². The van der Waals surface area contributed by atoms with Crippen molar-refractivity contribution in [3.63, 3.8) is 0 Å². The molecule has 2 aromatic carbocycles. The Balaban J connectivity index is 2.13. The van der Waals surface area contributed by atoms with E-state index >= 15 is 0 Å². The smallest absolute Gasteiger partial charge is 0.0627 e. The maximum atomic E-state index is 6.07. The average Bonchev–Trinajstić information content (AvgIpc) is 2.74. The standard InChI is InChI=1S/C16H18N2/c1-10-5-6-11-7-8-12(9-14(10)11)13-3-2-4-15(17)16(13)18/h2-4,7-10H,5-6,17-18H2,1H3. The minimum Gasteiger partial charge on any atom is -0.397 e. The van der Waals surface area contributed by atoms with E-state index in [4.69, 9.17) is 11.5 Å². The topological polar surface area (TPSA) is 52.0 Å². The summed E-state index contributed by atoms with van der Waals surface area (Å²) in [6.07, 6.45) is 2.45. The van der Waals surface area contributed by atoms with Crippen molar-refractivity contribution < 1.29 is 0 Å². The van der Waals surface area contributed by atoms with Crippen LogP contribution in [0.3, 0.4) is 0 Å². The fourth-order valence-corrected chi connectivity index (χ4v) is 2.81. The largest absolute Gasteiger partial charge is 0.397 e. The van der Waals surface area contributed by atoms with Gasteiger partial charge in [-0.25, -0.2) is 0 Å². The molecule has 0 saturated carbocycles. The molecule has 0 spiro atoms. The van der Waals surface area contributed by atoms with Crippen molar-refractivity contribution in [3.8, 4) is 11.1 Å². The van der Waals surface area contributed by atoms with Gasteiger partial charge in [-0.3, -0.25) is 0 Å². The van der Waals surface area contributed by atoms with Crippen LogP contribution in [0, 0.1) is 0 Å². The number of para-hydroxylation sites is 1. The normalized spacial score (nSPS) is 17.7. The number of hydrogen-bond donors (Lipinski definition) is 2. The predicted molar refractivity (Wildman–Crippen MR) is 77.4 cm³/mol. The predicted octanol–water partition coefficient (Wildman–Crippen LogP) is 3.57. The van der Waals surface area contributed by atoms with E-state index in [1.54, 1.807) is 0 Å². The van der Waals surface area contributed by atoms with Crippen LogP contribution in [-0.2, 0) is 6.42 Å². The van der Waals surface area contributed by atoms with Crippen LogP contribution in [0.1, 0.15) is 30.4 Å². The lowest BCUT2D eigenvalue weighted by Gasteiger charge is -2.11. The zero-order valence-corrected chi connectivity index (χ0v) is 10.6. The first-order valence-electron chi connectivity index (χ1n) is 6.44. The third-order valence-electron chi connectivity index (χ3n) is 3.97. The summed E-state index contributed by atoms with van der Waals surface area (Å²) in [4.78, 5) is 0. The van der Waals surface area contributed by atoms with Crippen molar-refractivity contribution in [1.29, 1.82) is 0 Å². The van der Waals surface area contributed by atoms with Gasteiger partial charge >= 0.3 is 0 Å². The lowest BCUT2D eigenvalue weighted by atomic mass is 9.96. The maximum absolute atomic E-state index is 6.07. The molecule has 1 atom stereocenters. The summed E-state index contributed by atoms with van der Waals surface area (Å²) in [7, 11) is 0. The van der Waals surface area contributed by atoms with Gasteiger partial charge in [0, 0.05) is 5.56 Å². The number of hydrogen-bond acceptors (Lipinski definition) is 2. The molecule has 0 saturated heterocycles. The average molecular weight is 238 g/mol. The molecule has 0 fully saturated rings. The second-order valence-corrected chi connectivity index (χ2v) is 5.16. The van der Waals surface area contributed by atoms with Crippen molar-refractivity contribution in [1.82, 2.24) is 0 Å². The summed E-state index contributed by atoms with van der Waals surface area (Å²) in [5, 5.41) is 0. The molecule has 0 radical (unpaired) electrons. The van der Waals surface area contributed by atoms with Crippen LogP contribution in [0.4, 0.5) is 11.4 Å². The Morgan fingerprint density at radius 2 is 1.94 bits per heavy atom. The molecule has 0 bridgehead atoms. The third kappa shape index (κ3) is 1.65. The molecule has 1 unspecified atom stereocenters. The van der Waals surface area contributed by atoms with E-state index in [-0.39, 0.29) is 0 Å². The molecule has 2 nitrogen and oxygen atoms in total. The summed E-state index contributed by atoms with van der Waals surface area (Å²) in [6, 6.07) is 12.5. The van der Waals surface area contributed by atoms with Gasteiger partial charge in [-0.15, -0.1) is 0 Å². The van der Waals surface area contributed by atoms with Gasteiger partial charge in [0.15, 0.2) is 0 Å². The van der Waals surface area contributed by atoms with Gasteiger partial charge in [0.25, 0.3) is 0 Å². The second-order valence-electron chi connectivity index (χ2n) is 5.16. The van der Waals surface area contributed by atoms with Crippen LogP contribution in [0.5, 0.6) is 0 Å². The van der Waals surface area contributed by atoms with Gasteiger partial charge < -0.3 is 11.5 Å².